The molecule has 2 amide bonds. The van der Waals surface area contributed by atoms with Gasteiger partial charge in [-0.05, 0) is 38.3 Å². The first-order valence-electron chi connectivity index (χ1n) is 9.93. The zero-order chi connectivity index (χ0) is 21.0. The van der Waals surface area contributed by atoms with Gasteiger partial charge < -0.3 is 15.2 Å². The van der Waals surface area contributed by atoms with Crippen molar-refractivity contribution in [2.75, 3.05) is 13.1 Å². The van der Waals surface area contributed by atoms with Gasteiger partial charge in [-0.25, -0.2) is 13.8 Å². The van der Waals surface area contributed by atoms with Gasteiger partial charge in [0.1, 0.15) is 17.5 Å². The molecule has 2 aromatic rings. The second-order valence-electron chi connectivity index (χ2n) is 7.58. The fourth-order valence-electron chi connectivity index (χ4n) is 3.45. The van der Waals surface area contributed by atoms with Crippen LogP contribution in [0.25, 0.3) is 11.3 Å². The molecule has 0 bridgehead atoms. The molecule has 0 unspecified atom stereocenters. The van der Waals surface area contributed by atoms with Crippen LogP contribution in [-0.4, -0.2) is 39.8 Å². The van der Waals surface area contributed by atoms with Crippen LogP contribution in [-0.2, 0) is 9.59 Å². The van der Waals surface area contributed by atoms with Crippen LogP contribution < -0.4 is 5.32 Å². The van der Waals surface area contributed by atoms with E-state index in [0.29, 0.717) is 11.5 Å². The molecule has 0 aliphatic carbocycles. The zero-order valence-electron chi connectivity index (χ0n) is 16.7. The molecule has 8 heteroatoms. The maximum atomic E-state index is 13.9. The van der Waals surface area contributed by atoms with Gasteiger partial charge in [0.2, 0.25) is 11.8 Å². The summed E-state index contributed by atoms with van der Waals surface area (Å²) in [5, 5.41) is 2.84. The molecular formula is C21H26F2N4O2. The average molecular weight is 404 g/mol. The molecule has 29 heavy (non-hydrogen) atoms. The minimum absolute atomic E-state index is 0.00655. The summed E-state index contributed by atoms with van der Waals surface area (Å²) in [5.74, 6) is -1.59. The minimum Gasteiger partial charge on any atom is -0.346 e. The number of nitrogens with one attached hydrogen (secondary N) is 2. The van der Waals surface area contributed by atoms with E-state index in [0.717, 1.165) is 38.4 Å². The van der Waals surface area contributed by atoms with Gasteiger partial charge in [-0.15, -0.1) is 0 Å². The Morgan fingerprint density at radius 2 is 1.93 bits per heavy atom. The SMILES string of the molecule is C[C@H](NC(=O)[C@@H](C)CC(=O)N1CCCCC1)c1ncc(-c2ccc(F)cc2F)[nH]1. The fourth-order valence-corrected chi connectivity index (χ4v) is 3.45. The summed E-state index contributed by atoms with van der Waals surface area (Å²) < 4.78 is 27.0. The highest BCUT2D eigenvalue weighted by atomic mass is 19.1. The standard InChI is InChI=1S/C21H26F2N4O2/c1-13(10-19(28)27-8-4-3-5-9-27)21(29)25-14(2)20-24-12-18(26-20)16-7-6-15(22)11-17(16)23/h6-7,11-14H,3-5,8-10H2,1-2H3,(H,24,26)(H,25,29)/t13-,14-/m0/s1. The summed E-state index contributed by atoms with van der Waals surface area (Å²) in [6.45, 7) is 5.00. The minimum atomic E-state index is -0.693. The summed E-state index contributed by atoms with van der Waals surface area (Å²) in [5.41, 5.74) is 0.594. The molecule has 156 valence electrons. The Kier molecular flexibility index (Phi) is 6.61. The number of nitrogens with zero attached hydrogens (tertiary/aromatic N) is 2. The lowest BCUT2D eigenvalue weighted by Crippen LogP contribution is -2.39. The molecule has 0 spiro atoms. The average Bonchev–Trinajstić information content (AvgIpc) is 3.18. The van der Waals surface area contributed by atoms with Crippen molar-refractivity contribution < 1.29 is 18.4 Å². The van der Waals surface area contributed by atoms with Gasteiger partial charge in [0.25, 0.3) is 0 Å². The predicted molar refractivity (Wildman–Crippen MR) is 105 cm³/mol. The van der Waals surface area contributed by atoms with Gasteiger partial charge in [-0.3, -0.25) is 9.59 Å². The number of aromatic amines is 1. The van der Waals surface area contributed by atoms with Crippen molar-refractivity contribution in [3.05, 3.63) is 41.9 Å². The number of piperidine rings is 1. The number of amides is 2. The lowest BCUT2D eigenvalue weighted by Gasteiger charge is -2.27. The highest BCUT2D eigenvalue weighted by molar-refractivity contribution is 5.85. The first-order valence-corrected chi connectivity index (χ1v) is 9.93. The van der Waals surface area contributed by atoms with E-state index in [2.05, 4.69) is 15.3 Å². The molecule has 2 heterocycles. The summed E-state index contributed by atoms with van der Waals surface area (Å²) in [6.07, 6.45) is 4.78. The van der Waals surface area contributed by atoms with Gasteiger partial charge in [0, 0.05) is 37.1 Å². The maximum absolute atomic E-state index is 13.9. The van der Waals surface area contributed by atoms with Crippen LogP contribution in [0, 0.1) is 17.6 Å². The number of halogens is 2. The number of carbonyl (C=O) groups excluding carboxylic acids is 2. The largest absolute Gasteiger partial charge is 0.346 e. The number of rotatable bonds is 6. The number of imidazole rings is 1. The lowest BCUT2D eigenvalue weighted by atomic mass is 10.0. The monoisotopic (exact) mass is 404 g/mol. The van der Waals surface area contributed by atoms with E-state index in [1.807, 2.05) is 4.90 Å². The van der Waals surface area contributed by atoms with Gasteiger partial charge >= 0.3 is 0 Å². The molecule has 1 fully saturated rings. The lowest BCUT2D eigenvalue weighted by molar-refractivity contribution is -0.136. The number of H-pyrrole nitrogens is 1. The van der Waals surface area contributed by atoms with Gasteiger partial charge in [0.05, 0.1) is 17.9 Å². The van der Waals surface area contributed by atoms with E-state index < -0.39 is 23.6 Å². The van der Waals surface area contributed by atoms with Crippen molar-refractivity contribution in [1.29, 1.82) is 0 Å². The Balaban J connectivity index is 1.58. The first kappa shape index (κ1) is 21.0. The summed E-state index contributed by atoms with van der Waals surface area (Å²) in [6, 6.07) is 2.86. The van der Waals surface area contributed by atoms with Gasteiger partial charge in [-0.2, -0.15) is 0 Å². The van der Waals surface area contributed by atoms with Crippen LogP contribution in [0.1, 0.15) is 51.4 Å². The quantitative estimate of drug-likeness (QED) is 0.773. The number of likely N-dealkylation sites (tertiary alicyclic amines) is 1. The van der Waals surface area contributed by atoms with E-state index in [9.17, 15) is 18.4 Å². The predicted octanol–water partition coefficient (Wildman–Crippen LogP) is 3.57. The third kappa shape index (κ3) is 5.19. The maximum Gasteiger partial charge on any atom is 0.223 e. The van der Waals surface area contributed by atoms with Crippen molar-refractivity contribution in [3.8, 4) is 11.3 Å². The third-order valence-electron chi connectivity index (χ3n) is 5.22. The van der Waals surface area contributed by atoms with Crippen LogP contribution in [0.2, 0.25) is 0 Å². The van der Waals surface area contributed by atoms with Crippen molar-refractivity contribution in [3.63, 3.8) is 0 Å². The van der Waals surface area contributed by atoms with Gasteiger partial charge in [0.15, 0.2) is 0 Å². The van der Waals surface area contributed by atoms with Crippen LogP contribution in [0.15, 0.2) is 24.4 Å². The topological polar surface area (TPSA) is 78.1 Å². The zero-order valence-corrected chi connectivity index (χ0v) is 16.7. The Hall–Kier alpha value is -2.77. The van der Waals surface area contributed by atoms with E-state index in [1.54, 1.807) is 13.8 Å². The van der Waals surface area contributed by atoms with Crippen molar-refractivity contribution in [2.45, 2.75) is 45.6 Å². The Morgan fingerprint density at radius 3 is 2.62 bits per heavy atom. The van der Waals surface area contributed by atoms with Crippen LogP contribution in [0.5, 0.6) is 0 Å². The van der Waals surface area contributed by atoms with E-state index in [4.69, 9.17) is 0 Å². The number of carbonyl (C=O) groups is 2. The third-order valence-corrected chi connectivity index (χ3v) is 5.22. The number of hydrogen-bond acceptors (Lipinski definition) is 3. The molecule has 1 aromatic heterocycles. The van der Waals surface area contributed by atoms with Crippen molar-refractivity contribution >= 4 is 11.8 Å². The molecule has 1 aliphatic rings. The number of benzene rings is 1. The van der Waals surface area contributed by atoms with E-state index in [1.165, 1.54) is 18.3 Å². The molecule has 0 saturated carbocycles. The molecule has 1 aromatic carbocycles. The fraction of sp³-hybridized carbons (Fsp3) is 0.476. The van der Waals surface area contributed by atoms with E-state index in [-0.39, 0.29) is 23.8 Å². The highest BCUT2D eigenvalue weighted by Crippen LogP contribution is 2.23. The Bertz CT molecular complexity index is 877. The number of hydrogen-bond donors (Lipinski definition) is 2. The molecule has 1 saturated heterocycles. The smallest absolute Gasteiger partial charge is 0.223 e. The Labute approximate surface area is 168 Å². The van der Waals surface area contributed by atoms with Crippen LogP contribution >= 0.6 is 0 Å². The van der Waals surface area contributed by atoms with Gasteiger partial charge in [-0.1, -0.05) is 6.92 Å². The second-order valence-corrected chi connectivity index (χ2v) is 7.58. The summed E-state index contributed by atoms with van der Waals surface area (Å²) in [7, 11) is 0. The molecule has 1 aliphatic heterocycles. The van der Waals surface area contributed by atoms with Crippen LogP contribution in [0.4, 0.5) is 8.78 Å². The molecule has 2 atom stereocenters. The van der Waals surface area contributed by atoms with E-state index >= 15 is 0 Å². The van der Waals surface area contributed by atoms with Crippen molar-refractivity contribution in [1.82, 2.24) is 20.2 Å². The van der Waals surface area contributed by atoms with Crippen molar-refractivity contribution in [2.24, 2.45) is 5.92 Å². The highest BCUT2D eigenvalue weighted by Gasteiger charge is 2.24. The Morgan fingerprint density at radius 1 is 1.21 bits per heavy atom. The second kappa shape index (κ2) is 9.15. The molecule has 2 N–H and O–H groups in total. The summed E-state index contributed by atoms with van der Waals surface area (Å²) >= 11 is 0. The van der Waals surface area contributed by atoms with Crippen LogP contribution in [0.3, 0.4) is 0 Å². The molecule has 0 radical (unpaired) electrons. The summed E-state index contributed by atoms with van der Waals surface area (Å²) in [4.78, 5) is 33.8. The first-order chi connectivity index (χ1) is 13.8. The number of aromatic nitrogens is 2. The molecule has 3 rings (SSSR count). The molecule has 6 nitrogen and oxygen atoms in total. The molecular weight excluding hydrogens is 378 g/mol. The normalized spacial score (nSPS) is 16.3.